The van der Waals surface area contributed by atoms with Crippen molar-refractivity contribution < 1.29 is 13.2 Å². The van der Waals surface area contributed by atoms with Crippen molar-refractivity contribution in [2.75, 3.05) is 19.6 Å². The second-order valence-corrected chi connectivity index (χ2v) is 7.80. The monoisotopic (exact) mass is 364 g/mol. The van der Waals surface area contributed by atoms with Crippen LogP contribution in [0.3, 0.4) is 0 Å². The van der Waals surface area contributed by atoms with E-state index in [9.17, 15) is 13.2 Å². The minimum absolute atomic E-state index is 0.163. The largest absolute Gasteiger partial charge is 0.361 e. The maximum atomic E-state index is 12.9. The summed E-state index contributed by atoms with van der Waals surface area (Å²) in [6.45, 7) is 3.35. The molecule has 1 aliphatic rings. The van der Waals surface area contributed by atoms with Crippen LogP contribution < -0.4 is 9.44 Å². The molecule has 0 bridgehead atoms. The molecule has 1 aromatic carbocycles. The Bertz CT molecular complexity index is 840. The number of amides is 1. The Morgan fingerprint density at radius 2 is 2.00 bits per heavy atom. The highest BCUT2D eigenvalue weighted by atomic mass is 32.2. The number of likely N-dealkylation sites (tertiary alicyclic amines) is 1. The summed E-state index contributed by atoms with van der Waals surface area (Å²) >= 11 is 0. The number of H-pyrrole nitrogens is 1. The van der Waals surface area contributed by atoms with Crippen molar-refractivity contribution in [2.45, 2.75) is 32.2 Å². The molecule has 0 radical (unpaired) electrons. The number of carbonyl (C=O) groups is 1. The van der Waals surface area contributed by atoms with Crippen LogP contribution in [0, 0.1) is 0 Å². The molecule has 1 aromatic heterocycles. The van der Waals surface area contributed by atoms with Gasteiger partial charge in [-0.05, 0) is 30.9 Å². The fraction of sp³-hybridized carbons (Fsp3) is 0.471. The first-order valence-corrected chi connectivity index (χ1v) is 10.1. The van der Waals surface area contributed by atoms with E-state index in [4.69, 9.17) is 0 Å². The van der Waals surface area contributed by atoms with Crippen LogP contribution in [0.15, 0.2) is 30.5 Å². The average molecular weight is 364 g/mol. The molecule has 7 nitrogen and oxygen atoms in total. The Morgan fingerprint density at radius 1 is 1.28 bits per heavy atom. The summed E-state index contributed by atoms with van der Waals surface area (Å²) in [5.74, 6) is -0.163. The van der Waals surface area contributed by atoms with E-state index in [1.807, 2.05) is 30.5 Å². The van der Waals surface area contributed by atoms with E-state index in [1.165, 1.54) is 0 Å². The van der Waals surface area contributed by atoms with Gasteiger partial charge in [0.05, 0.1) is 0 Å². The van der Waals surface area contributed by atoms with Gasteiger partial charge in [-0.15, -0.1) is 0 Å². The summed E-state index contributed by atoms with van der Waals surface area (Å²) < 4.78 is 29.2. The number of aromatic nitrogens is 1. The van der Waals surface area contributed by atoms with E-state index in [0.717, 1.165) is 29.3 Å². The van der Waals surface area contributed by atoms with Gasteiger partial charge in [-0.3, -0.25) is 4.79 Å². The zero-order chi connectivity index (χ0) is 17.9. The van der Waals surface area contributed by atoms with Gasteiger partial charge < -0.3 is 9.88 Å². The number of carbonyl (C=O) groups excluding carboxylic acids is 1. The normalized spacial score (nSPS) is 16.4. The lowest BCUT2D eigenvalue weighted by atomic mass is 10.0. The number of nitrogens with zero attached hydrogens (tertiary/aromatic N) is 1. The Labute approximate surface area is 148 Å². The third kappa shape index (κ3) is 4.20. The molecular weight excluding hydrogens is 340 g/mol. The van der Waals surface area contributed by atoms with Crippen molar-refractivity contribution in [1.82, 2.24) is 19.3 Å². The lowest BCUT2D eigenvalue weighted by Crippen LogP contribution is -2.51. The van der Waals surface area contributed by atoms with Gasteiger partial charge in [0.2, 0.25) is 5.91 Å². The number of hydrogen-bond acceptors (Lipinski definition) is 3. The predicted octanol–water partition coefficient (Wildman–Crippen LogP) is 1.15. The SMILES string of the molecule is CCNS(=O)(=O)NC(Cc1c[nH]c2ccccc12)C(=O)N1CCCC1. The van der Waals surface area contributed by atoms with Gasteiger partial charge in [0.15, 0.2) is 0 Å². The van der Waals surface area contributed by atoms with E-state index in [1.54, 1.807) is 11.8 Å². The topological polar surface area (TPSA) is 94.3 Å². The van der Waals surface area contributed by atoms with Crippen molar-refractivity contribution in [3.8, 4) is 0 Å². The van der Waals surface area contributed by atoms with Crippen LogP contribution in [0.5, 0.6) is 0 Å². The second-order valence-electron chi connectivity index (χ2n) is 6.27. The summed E-state index contributed by atoms with van der Waals surface area (Å²) in [5, 5.41) is 1.00. The fourth-order valence-electron chi connectivity index (χ4n) is 3.28. The second kappa shape index (κ2) is 7.55. The van der Waals surface area contributed by atoms with Crippen LogP contribution >= 0.6 is 0 Å². The number of rotatable bonds is 7. The maximum Gasteiger partial charge on any atom is 0.277 e. The highest BCUT2D eigenvalue weighted by Crippen LogP contribution is 2.20. The van der Waals surface area contributed by atoms with Crippen molar-refractivity contribution in [3.63, 3.8) is 0 Å². The van der Waals surface area contributed by atoms with E-state index < -0.39 is 16.3 Å². The zero-order valence-electron chi connectivity index (χ0n) is 14.3. The van der Waals surface area contributed by atoms with Crippen molar-refractivity contribution in [1.29, 1.82) is 0 Å². The zero-order valence-corrected chi connectivity index (χ0v) is 15.1. The number of benzene rings is 1. The highest BCUT2D eigenvalue weighted by Gasteiger charge is 2.30. The first-order chi connectivity index (χ1) is 12.0. The third-order valence-electron chi connectivity index (χ3n) is 4.45. The number of hydrogen-bond donors (Lipinski definition) is 3. The van der Waals surface area contributed by atoms with Crippen LogP contribution in [0.1, 0.15) is 25.3 Å². The Kier molecular flexibility index (Phi) is 5.41. The quantitative estimate of drug-likeness (QED) is 0.688. The Hall–Kier alpha value is -1.90. The minimum Gasteiger partial charge on any atom is -0.361 e. The maximum absolute atomic E-state index is 12.9. The van der Waals surface area contributed by atoms with Crippen LogP contribution in [0.25, 0.3) is 10.9 Å². The van der Waals surface area contributed by atoms with Gasteiger partial charge in [0.1, 0.15) is 6.04 Å². The predicted molar refractivity (Wildman–Crippen MR) is 97.3 cm³/mol. The molecular formula is C17H24N4O3S. The molecule has 1 saturated heterocycles. The highest BCUT2D eigenvalue weighted by molar-refractivity contribution is 7.87. The smallest absolute Gasteiger partial charge is 0.277 e. The van der Waals surface area contributed by atoms with Crippen molar-refractivity contribution in [2.24, 2.45) is 0 Å². The van der Waals surface area contributed by atoms with Gasteiger partial charge in [-0.25, -0.2) is 4.72 Å². The molecule has 0 saturated carbocycles. The summed E-state index contributed by atoms with van der Waals surface area (Å²) in [6.07, 6.45) is 4.08. The number of aromatic amines is 1. The van der Waals surface area contributed by atoms with E-state index >= 15 is 0 Å². The molecule has 2 heterocycles. The molecule has 1 unspecified atom stereocenters. The van der Waals surface area contributed by atoms with Gasteiger partial charge in [0, 0.05) is 36.7 Å². The van der Waals surface area contributed by atoms with Gasteiger partial charge in [-0.1, -0.05) is 25.1 Å². The van der Waals surface area contributed by atoms with Crippen LogP contribution in [-0.4, -0.2) is 49.9 Å². The van der Waals surface area contributed by atoms with Crippen LogP contribution in [-0.2, 0) is 21.4 Å². The van der Waals surface area contributed by atoms with Crippen LogP contribution in [0.2, 0.25) is 0 Å². The average Bonchev–Trinajstić information content (AvgIpc) is 3.23. The molecule has 1 atom stereocenters. The number of nitrogens with one attached hydrogen (secondary N) is 3. The van der Waals surface area contributed by atoms with E-state index in [2.05, 4.69) is 14.4 Å². The molecule has 2 aromatic rings. The molecule has 136 valence electrons. The fourth-order valence-corrected chi connectivity index (χ4v) is 4.30. The van der Waals surface area contributed by atoms with Crippen LogP contribution in [0.4, 0.5) is 0 Å². The summed E-state index contributed by atoms with van der Waals surface area (Å²) in [5.41, 5.74) is 1.90. The van der Waals surface area contributed by atoms with E-state index in [0.29, 0.717) is 19.5 Å². The number of fused-ring (bicyclic) bond motifs is 1. The summed E-state index contributed by atoms with van der Waals surface area (Å²) in [4.78, 5) is 17.8. The standard InChI is InChI=1S/C17H24N4O3S/c1-2-19-25(23,24)20-16(17(22)21-9-5-6-10-21)11-13-12-18-15-8-4-3-7-14(13)15/h3-4,7-8,12,16,18-20H,2,5-6,9-11H2,1H3. The Morgan fingerprint density at radius 3 is 2.72 bits per heavy atom. The molecule has 0 aliphatic carbocycles. The minimum atomic E-state index is -3.72. The lowest BCUT2D eigenvalue weighted by Gasteiger charge is -2.24. The first-order valence-electron chi connectivity index (χ1n) is 8.61. The molecule has 3 N–H and O–H groups in total. The molecule has 3 rings (SSSR count). The van der Waals surface area contributed by atoms with Crippen molar-refractivity contribution in [3.05, 3.63) is 36.0 Å². The van der Waals surface area contributed by atoms with Gasteiger partial charge in [0.25, 0.3) is 10.2 Å². The third-order valence-corrected chi connectivity index (χ3v) is 5.71. The van der Waals surface area contributed by atoms with Gasteiger partial charge in [-0.2, -0.15) is 13.1 Å². The molecule has 25 heavy (non-hydrogen) atoms. The summed E-state index contributed by atoms with van der Waals surface area (Å²) in [7, 11) is -3.72. The molecule has 8 heteroatoms. The lowest BCUT2D eigenvalue weighted by molar-refractivity contribution is -0.131. The van der Waals surface area contributed by atoms with Crippen molar-refractivity contribution >= 4 is 27.0 Å². The number of para-hydroxylation sites is 1. The molecule has 1 aliphatic heterocycles. The molecule has 1 fully saturated rings. The molecule has 0 spiro atoms. The van der Waals surface area contributed by atoms with Gasteiger partial charge >= 0.3 is 0 Å². The molecule has 1 amide bonds. The van der Waals surface area contributed by atoms with E-state index in [-0.39, 0.29) is 12.5 Å². The first kappa shape index (κ1) is 17.9. The summed E-state index contributed by atoms with van der Waals surface area (Å²) in [6, 6.07) is 6.97. The Balaban J connectivity index is 1.86.